The van der Waals surface area contributed by atoms with Gasteiger partial charge < -0.3 is 4.74 Å². The van der Waals surface area contributed by atoms with Gasteiger partial charge in [0.1, 0.15) is 0 Å². The molecule has 0 N–H and O–H groups in total. The lowest BCUT2D eigenvalue weighted by Crippen LogP contribution is -2.02. The number of hydrogen-bond acceptors (Lipinski definition) is 2. The minimum atomic E-state index is -0.167. The molecule has 0 bridgehead atoms. The lowest BCUT2D eigenvalue weighted by atomic mass is 10.1. The lowest BCUT2D eigenvalue weighted by Gasteiger charge is -2.03. The zero-order chi connectivity index (χ0) is 17.7. The van der Waals surface area contributed by atoms with Crippen molar-refractivity contribution < 1.29 is 9.53 Å². The van der Waals surface area contributed by atoms with E-state index >= 15 is 0 Å². The van der Waals surface area contributed by atoms with Crippen LogP contribution in [0.2, 0.25) is 0 Å². The van der Waals surface area contributed by atoms with Gasteiger partial charge in [-0.05, 0) is 19.3 Å². The van der Waals surface area contributed by atoms with Crippen LogP contribution >= 0.6 is 0 Å². The van der Waals surface area contributed by atoms with Gasteiger partial charge >= 0.3 is 5.97 Å². The van der Waals surface area contributed by atoms with E-state index in [4.69, 9.17) is 4.74 Å². The Labute approximate surface area is 151 Å². The van der Waals surface area contributed by atoms with Crippen LogP contribution < -0.4 is 0 Å². The fraction of sp³-hybridized carbons (Fsp3) is 0.864. The van der Waals surface area contributed by atoms with Gasteiger partial charge in [0.15, 0.2) is 0 Å². The van der Waals surface area contributed by atoms with Crippen molar-refractivity contribution in [2.75, 3.05) is 6.61 Å². The molecule has 0 aromatic rings. The molecular weight excluding hydrogens is 296 g/mol. The first-order valence-electron chi connectivity index (χ1n) is 10.6. The lowest BCUT2D eigenvalue weighted by molar-refractivity contribution is -0.137. The van der Waals surface area contributed by atoms with Crippen LogP contribution in [0.5, 0.6) is 0 Å². The highest BCUT2D eigenvalue weighted by Gasteiger charge is 1.97. The zero-order valence-electron chi connectivity index (χ0n) is 16.5. The topological polar surface area (TPSA) is 26.3 Å². The summed E-state index contributed by atoms with van der Waals surface area (Å²) in [5.74, 6) is -0.167. The van der Waals surface area contributed by atoms with Crippen molar-refractivity contribution in [1.29, 1.82) is 0 Å². The number of ether oxygens (including phenoxy) is 1. The number of hydrogen-bond donors (Lipinski definition) is 0. The first-order chi connectivity index (χ1) is 11.8. The second-order valence-corrected chi connectivity index (χ2v) is 6.95. The third kappa shape index (κ3) is 19.3. The van der Waals surface area contributed by atoms with Gasteiger partial charge in [0.25, 0.3) is 0 Å². The Bertz CT molecular complexity index is 284. The molecule has 0 atom stereocenters. The Hall–Kier alpha value is -0.790. The molecule has 0 radical (unpaired) electrons. The van der Waals surface area contributed by atoms with E-state index in [2.05, 4.69) is 13.8 Å². The molecule has 0 aromatic carbocycles. The number of rotatable bonds is 18. The van der Waals surface area contributed by atoms with Gasteiger partial charge in [-0.2, -0.15) is 0 Å². The molecule has 0 amide bonds. The second-order valence-electron chi connectivity index (χ2n) is 6.95. The minimum Gasteiger partial charge on any atom is -0.463 e. The van der Waals surface area contributed by atoms with Gasteiger partial charge in [0.05, 0.1) is 6.61 Å². The van der Waals surface area contributed by atoms with E-state index in [0.717, 1.165) is 12.8 Å². The molecule has 2 nitrogen and oxygen atoms in total. The number of esters is 1. The van der Waals surface area contributed by atoms with Crippen molar-refractivity contribution in [1.82, 2.24) is 0 Å². The van der Waals surface area contributed by atoms with Crippen LogP contribution in [-0.4, -0.2) is 12.6 Å². The van der Waals surface area contributed by atoms with Crippen LogP contribution in [0.25, 0.3) is 0 Å². The Morgan fingerprint density at radius 1 is 0.667 bits per heavy atom. The average Bonchev–Trinajstić information content (AvgIpc) is 2.59. The molecule has 0 saturated carbocycles. The highest BCUT2D eigenvalue weighted by Crippen LogP contribution is 2.10. The third-order valence-corrected chi connectivity index (χ3v) is 4.47. The van der Waals surface area contributed by atoms with Gasteiger partial charge in [0, 0.05) is 6.08 Å². The van der Waals surface area contributed by atoms with Crippen molar-refractivity contribution in [3.8, 4) is 0 Å². The molecule has 24 heavy (non-hydrogen) atoms. The highest BCUT2D eigenvalue weighted by atomic mass is 16.5. The fourth-order valence-electron chi connectivity index (χ4n) is 2.86. The van der Waals surface area contributed by atoms with Gasteiger partial charge in [-0.1, -0.05) is 103 Å². The molecule has 0 rings (SSSR count). The molecule has 0 aliphatic heterocycles. The van der Waals surface area contributed by atoms with Crippen LogP contribution in [0.3, 0.4) is 0 Å². The predicted molar refractivity (Wildman–Crippen MR) is 105 cm³/mol. The largest absolute Gasteiger partial charge is 0.463 e. The molecule has 0 unspecified atom stereocenters. The summed E-state index contributed by atoms with van der Waals surface area (Å²) in [5.41, 5.74) is 0. The average molecular weight is 339 g/mol. The first-order valence-corrected chi connectivity index (χ1v) is 10.6. The Morgan fingerprint density at radius 3 is 1.67 bits per heavy atom. The van der Waals surface area contributed by atoms with Crippen LogP contribution in [0, 0.1) is 0 Å². The van der Waals surface area contributed by atoms with Gasteiger partial charge in [-0.25, -0.2) is 4.79 Å². The smallest absolute Gasteiger partial charge is 0.330 e. The zero-order valence-corrected chi connectivity index (χ0v) is 16.5. The minimum absolute atomic E-state index is 0.167. The molecule has 0 aromatic heterocycles. The number of carbonyl (C=O) groups excluding carboxylic acids is 1. The SMILES string of the molecule is CCCCCCC/C=C/C(=O)OCCCCCCCCCCCC. The van der Waals surface area contributed by atoms with Crippen molar-refractivity contribution >= 4 is 5.97 Å². The summed E-state index contributed by atoms with van der Waals surface area (Å²) in [6, 6.07) is 0. The van der Waals surface area contributed by atoms with E-state index in [1.807, 2.05) is 6.08 Å². The predicted octanol–water partition coefficient (Wildman–Crippen LogP) is 7.37. The van der Waals surface area contributed by atoms with Crippen molar-refractivity contribution in [3.05, 3.63) is 12.2 Å². The summed E-state index contributed by atoms with van der Waals surface area (Å²) in [6.07, 6.45) is 24.0. The summed E-state index contributed by atoms with van der Waals surface area (Å²) < 4.78 is 5.23. The van der Waals surface area contributed by atoms with Crippen LogP contribution in [0.15, 0.2) is 12.2 Å². The monoisotopic (exact) mass is 338 g/mol. The van der Waals surface area contributed by atoms with E-state index in [-0.39, 0.29) is 5.97 Å². The van der Waals surface area contributed by atoms with Crippen LogP contribution in [0.4, 0.5) is 0 Å². The van der Waals surface area contributed by atoms with E-state index in [0.29, 0.717) is 6.61 Å². The van der Waals surface area contributed by atoms with Gasteiger partial charge in [0.2, 0.25) is 0 Å². The van der Waals surface area contributed by atoms with E-state index in [1.54, 1.807) is 6.08 Å². The van der Waals surface area contributed by atoms with Crippen molar-refractivity contribution in [2.24, 2.45) is 0 Å². The maximum atomic E-state index is 11.5. The summed E-state index contributed by atoms with van der Waals surface area (Å²) >= 11 is 0. The first kappa shape index (κ1) is 23.2. The highest BCUT2D eigenvalue weighted by molar-refractivity contribution is 5.81. The van der Waals surface area contributed by atoms with Gasteiger partial charge in [-0.3, -0.25) is 0 Å². The third-order valence-electron chi connectivity index (χ3n) is 4.47. The fourth-order valence-corrected chi connectivity index (χ4v) is 2.86. The molecule has 0 aliphatic carbocycles. The van der Waals surface area contributed by atoms with Crippen molar-refractivity contribution in [3.63, 3.8) is 0 Å². The molecular formula is C22H42O2. The maximum Gasteiger partial charge on any atom is 0.330 e. The number of unbranched alkanes of at least 4 members (excludes halogenated alkanes) is 14. The Kier molecular flexibility index (Phi) is 19.6. The second kappa shape index (κ2) is 20.3. The Morgan fingerprint density at radius 2 is 1.12 bits per heavy atom. The molecule has 0 fully saturated rings. The number of allylic oxidation sites excluding steroid dienone is 1. The number of carbonyl (C=O) groups is 1. The molecule has 0 saturated heterocycles. The molecule has 142 valence electrons. The van der Waals surface area contributed by atoms with Gasteiger partial charge in [-0.15, -0.1) is 0 Å². The van der Waals surface area contributed by atoms with E-state index in [9.17, 15) is 4.79 Å². The van der Waals surface area contributed by atoms with Crippen LogP contribution in [0.1, 0.15) is 117 Å². The van der Waals surface area contributed by atoms with E-state index in [1.165, 1.54) is 89.9 Å². The Balaban J connectivity index is 3.22. The summed E-state index contributed by atoms with van der Waals surface area (Å²) in [7, 11) is 0. The summed E-state index contributed by atoms with van der Waals surface area (Å²) in [4.78, 5) is 11.5. The molecule has 0 heterocycles. The van der Waals surface area contributed by atoms with E-state index < -0.39 is 0 Å². The van der Waals surface area contributed by atoms with Crippen LogP contribution in [-0.2, 0) is 9.53 Å². The molecule has 0 spiro atoms. The maximum absolute atomic E-state index is 11.5. The quantitative estimate of drug-likeness (QED) is 0.148. The molecule has 0 aliphatic rings. The van der Waals surface area contributed by atoms with Crippen molar-refractivity contribution in [2.45, 2.75) is 117 Å². The molecule has 2 heteroatoms. The summed E-state index contributed by atoms with van der Waals surface area (Å²) in [6.45, 7) is 5.07. The normalized spacial score (nSPS) is 11.2. The standard InChI is InChI=1S/C22H42O2/c1-3-5-7-9-11-12-13-15-17-19-21-24-22(23)20-18-16-14-10-8-6-4-2/h18,20H,3-17,19,21H2,1-2H3/b20-18+. The summed E-state index contributed by atoms with van der Waals surface area (Å²) in [5, 5.41) is 0.